The first-order chi connectivity index (χ1) is 15.0. The van der Waals surface area contributed by atoms with Crippen LogP contribution in [0.15, 0.2) is 83.3 Å². The van der Waals surface area contributed by atoms with Crippen LogP contribution in [0.2, 0.25) is 0 Å². The quantitative estimate of drug-likeness (QED) is 0.510. The van der Waals surface area contributed by atoms with Crippen molar-refractivity contribution in [3.05, 3.63) is 106 Å². The number of rotatable bonds is 8. The van der Waals surface area contributed by atoms with Gasteiger partial charge in [-0.05, 0) is 35.7 Å². The largest absolute Gasteiger partial charge is 0.357 e. The highest BCUT2D eigenvalue weighted by Crippen LogP contribution is 2.19. The van der Waals surface area contributed by atoms with Gasteiger partial charge in [0.2, 0.25) is 11.8 Å². The van der Waals surface area contributed by atoms with Crippen molar-refractivity contribution >= 4 is 27.7 Å². The predicted molar refractivity (Wildman–Crippen MR) is 128 cm³/mol. The van der Waals surface area contributed by atoms with Gasteiger partial charge < -0.3 is 10.2 Å². The molecule has 0 heterocycles. The number of nitrogens with zero attached hydrogens (tertiary/aromatic N) is 1. The maximum atomic E-state index is 13.5. The zero-order valence-corrected chi connectivity index (χ0v) is 19.4. The summed E-state index contributed by atoms with van der Waals surface area (Å²) in [5.74, 6) is -0.244. The minimum atomic E-state index is -0.608. The number of benzene rings is 3. The molecule has 0 aliphatic carbocycles. The molecule has 0 unspecified atom stereocenters. The minimum Gasteiger partial charge on any atom is -0.357 e. The van der Waals surface area contributed by atoms with Crippen molar-refractivity contribution < 1.29 is 9.59 Å². The lowest BCUT2D eigenvalue weighted by atomic mass is 10.0. The molecule has 0 aliphatic heterocycles. The van der Waals surface area contributed by atoms with Crippen LogP contribution in [-0.4, -0.2) is 29.8 Å². The van der Waals surface area contributed by atoms with E-state index in [2.05, 4.69) is 21.2 Å². The number of carbonyl (C=O) groups excluding carboxylic acids is 2. The van der Waals surface area contributed by atoms with Gasteiger partial charge in [0.25, 0.3) is 0 Å². The number of nitrogens with one attached hydrogen (secondary N) is 1. The molecule has 5 heteroatoms. The summed E-state index contributed by atoms with van der Waals surface area (Å²) in [6, 6.07) is 25.0. The van der Waals surface area contributed by atoms with E-state index in [0.717, 1.165) is 26.7 Å². The Bertz CT molecular complexity index is 1040. The van der Waals surface area contributed by atoms with Gasteiger partial charge in [0.1, 0.15) is 6.04 Å². The molecule has 3 aromatic rings. The minimum absolute atomic E-state index is 0.0740. The van der Waals surface area contributed by atoms with Crippen LogP contribution in [0.1, 0.15) is 22.3 Å². The van der Waals surface area contributed by atoms with E-state index in [1.54, 1.807) is 11.9 Å². The van der Waals surface area contributed by atoms with Crippen LogP contribution >= 0.6 is 15.9 Å². The Hall–Kier alpha value is -2.92. The molecule has 0 saturated carbocycles. The van der Waals surface area contributed by atoms with Crippen molar-refractivity contribution in [2.75, 3.05) is 7.05 Å². The molecule has 3 rings (SSSR count). The van der Waals surface area contributed by atoms with Crippen molar-refractivity contribution in [3.63, 3.8) is 0 Å². The van der Waals surface area contributed by atoms with E-state index >= 15 is 0 Å². The third-order valence-corrected chi connectivity index (χ3v) is 5.69. The first-order valence-corrected chi connectivity index (χ1v) is 11.1. The zero-order chi connectivity index (χ0) is 22.2. The lowest BCUT2D eigenvalue weighted by Gasteiger charge is -2.31. The summed E-state index contributed by atoms with van der Waals surface area (Å²) in [7, 11) is 1.61. The molecule has 0 aromatic heterocycles. The maximum Gasteiger partial charge on any atom is 0.242 e. The van der Waals surface area contributed by atoms with Gasteiger partial charge in [-0.1, -0.05) is 88.2 Å². The average Bonchev–Trinajstić information content (AvgIpc) is 2.76. The van der Waals surface area contributed by atoms with E-state index in [1.165, 1.54) is 0 Å². The molecule has 31 heavy (non-hydrogen) atoms. The number of likely N-dealkylation sites (N-methyl/N-ethyl adjacent to an activating group) is 1. The van der Waals surface area contributed by atoms with E-state index in [4.69, 9.17) is 0 Å². The number of carbonyl (C=O) groups is 2. The third-order valence-electron chi connectivity index (χ3n) is 5.20. The normalized spacial score (nSPS) is 11.6. The number of hydrogen-bond acceptors (Lipinski definition) is 2. The number of amides is 2. The van der Waals surface area contributed by atoms with Crippen LogP contribution in [0.3, 0.4) is 0 Å². The smallest absolute Gasteiger partial charge is 0.242 e. The van der Waals surface area contributed by atoms with E-state index in [1.807, 2.05) is 85.8 Å². The first kappa shape index (κ1) is 22.8. The lowest BCUT2D eigenvalue weighted by Crippen LogP contribution is -2.50. The van der Waals surface area contributed by atoms with Gasteiger partial charge in [0.05, 0.1) is 6.42 Å². The zero-order valence-electron chi connectivity index (χ0n) is 17.8. The predicted octanol–water partition coefficient (Wildman–Crippen LogP) is 4.69. The standard InChI is InChI=1S/C26H27BrN2O2/c1-19-8-6-11-21(14-19)17-25(30)29(18-22-12-7-13-23(27)15-22)24(26(31)28-2)16-20-9-4-3-5-10-20/h3-15,24H,16-18H2,1-2H3,(H,28,31)/t24-/m0/s1. The lowest BCUT2D eigenvalue weighted by molar-refractivity contribution is -0.140. The summed E-state index contributed by atoms with van der Waals surface area (Å²) in [5, 5.41) is 2.75. The first-order valence-electron chi connectivity index (χ1n) is 10.3. The van der Waals surface area contributed by atoms with Crippen LogP contribution in [0.4, 0.5) is 0 Å². The molecule has 0 saturated heterocycles. The number of halogens is 1. The maximum absolute atomic E-state index is 13.5. The third kappa shape index (κ3) is 6.53. The van der Waals surface area contributed by atoms with Crippen molar-refractivity contribution in [2.45, 2.75) is 32.4 Å². The summed E-state index contributed by atoms with van der Waals surface area (Å²) in [4.78, 5) is 28.1. The molecule has 3 aromatic carbocycles. The molecule has 2 amide bonds. The molecular weight excluding hydrogens is 452 g/mol. The van der Waals surface area contributed by atoms with E-state index < -0.39 is 6.04 Å². The molecule has 1 atom stereocenters. The average molecular weight is 479 g/mol. The second kappa shape index (κ2) is 10.9. The van der Waals surface area contributed by atoms with Crippen LogP contribution in [0.25, 0.3) is 0 Å². The summed E-state index contributed by atoms with van der Waals surface area (Å²) < 4.78 is 0.940. The van der Waals surface area contributed by atoms with E-state index in [9.17, 15) is 9.59 Å². The van der Waals surface area contributed by atoms with Crippen LogP contribution in [-0.2, 0) is 29.0 Å². The Labute approximate surface area is 192 Å². The van der Waals surface area contributed by atoms with Crippen molar-refractivity contribution in [1.29, 1.82) is 0 Å². The molecule has 0 aliphatic rings. The monoisotopic (exact) mass is 478 g/mol. The molecule has 4 nitrogen and oxygen atoms in total. The van der Waals surface area contributed by atoms with E-state index in [0.29, 0.717) is 13.0 Å². The fourth-order valence-electron chi connectivity index (χ4n) is 3.65. The fourth-order valence-corrected chi connectivity index (χ4v) is 4.10. The van der Waals surface area contributed by atoms with Crippen molar-refractivity contribution in [1.82, 2.24) is 10.2 Å². The SMILES string of the molecule is CNC(=O)[C@H](Cc1ccccc1)N(Cc1cccc(Br)c1)C(=O)Cc1cccc(C)c1. The van der Waals surface area contributed by atoms with Gasteiger partial charge in [-0.3, -0.25) is 9.59 Å². The molecular formula is C26H27BrN2O2. The van der Waals surface area contributed by atoms with Gasteiger partial charge in [0, 0.05) is 24.5 Å². The topological polar surface area (TPSA) is 49.4 Å². The molecule has 0 radical (unpaired) electrons. The van der Waals surface area contributed by atoms with Crippen LogP contribution < -0.4 is 5.32 Å². The summed E-state index contributed by atoms with van der Waals surface area (Å²) in [6.07, 6.45) is 0.700. The molecule has 0 fully saturated rings. The van der Waals surface area contributed by atoms with Gasteiger partial charge in [-0.15, -0.1) is 0 Å². The molecule has 0 bridgehead atoms. The Morgan fingerprint density at radius 3 is 2.26 bits per heavy atom. The molecule has 1 N–H and O–H groups in total. The summed E-state index contributed by atoms with van der Waals surface area (Å²) >= 11 is 3.50. The summed E-state index contributed by atoms with van der Waals surface area (Å²) in [6.45, 7) is 2.37. The Kier molecular flexibility index (Phi) is 8.01. The van der Waals surface area contributed by atoms with Gasteiger partial charge in [-0.2, -0.15) is 0 Å². The highest BCUT2D eigenvalue weighted by molar-refractivity contribution is 9.10. The van der Waals surface area contributed by atoms with Gasteiger partial charge in [0.15, 0.2) is 0 Å². The van der Waals surface area contributed by atoms with Crippen LogP contribution in [0, 0.1) is 6.92 Å². The summed E-state index contributed by atoms with van der Waals surface area (Å²) in [5.41, 5.74) is 4.03. The second-order valence-electron chi connectivity index (χ2n) is 7.64. The van der Waals surface area contributed by atoms with Crippen molar-refractivity contribution in [3.8, 4) is 0 Å². The molecule has 160 valence electrons. The molecule has 0 spiro atoms. The van der Waals surface area contributed by atoms with Crippen LogP contribution in [0.5, 0.6) is 0 Å². The fraction of sp³-hybridized carbons (Fsp3) is 0.231. The number of hydrogen-bond donors (Lipinski definition) is 1. The van der Waals surface area contributed by atoms with Crippen molar-refractivity contribution in [2.24, 2.45) is 0 Å². The van der Waals surface area contributed by atoms with E-state index in [-0.39, 0.29) is 18.2 Å². The second-order valence-corrected chi connectivity index (χ2v) is 8.55. The van der Waals surface area contributed by atoms with Gasteiger partial charge in [-0.25, -0.2) is 0 Å². The van der Waals surface area contributed by atoms with Gasteiger partial charge >= 0.3 is 0 Å². The highest BCUT2D eigenvalue weighted by atomic mass is 79.9. The highest BCUT2D eigenvalue weighted by Gasteiger charge is 2.29. The Morgan fingerprint density at radius 2 is 1.58 bits per heavy atom. The Balaban J connectivity index is 1.94. The number of aryl methyl sites for hydroxylation is 1. The Morgan fingerprint density at radius 1 is 0.903 bits per heavy atom.